The van der Waals surface area contributed by atoms with E-state index in [4.69, 9.17) is 13.9 Å². The van der Waals surface area contributed by atoms with Gasteiger partial charge in [0.15, 0.2) is 6.61 Å². The quantitative estimate of drug-likeness (QED) is 0.423. The standard InChI is InChI=1S/C22H20N2O8S/c25-20(14-31-21(26)18-12-15-4-1-2-7-19(15)32-22(18)27)23-16-5-3-6-17(13-16)33(28,29)24-8-10-30-11-9-24/h1-7,12-13H,8-11,14H2,(H,23,25). The van der Waals surface area contributed by atoms with Crippen LogP contribution in [0, 0.1) is 0 Å². The zero-order valence-corrected chi connectivity index (χ0v) is 18.2. The van der Waals surface area contributed by atoms with Gasteiger partial charge in [-0.1, -0.05) is 24.3 Å². The van der Waals surface area contributed by atoms with Crippen LogP contribution in [0.3, 0.4) is 0 Å². The average molecular weight is 472 g/mol. The van der Waals surface area contributed by atoms with Crippen LogP contribution >= 0.6 is 0 Å². The van der Waals surface area contributed by atoms with E-state index in [9.17, 15) is 22.8 Å². The molecule has 0 saturated carbocycles. The number of hydrogen-bond acceptors (Lipinski definition) is 8. The van der Waals surface area contributed by atoms with Crippen molar-refractivity contribution < 1.29 is 31.9 Å². The number of esters is 1. The molecule has 172 valence electrons. The first-order chi connectivity index (χ1) is 15.8. The summed E-state index contributed by atoms with van der Waals surface area (Å²) in [7, 11) is -3.73. The molecule has 11 heteroatoms. The number of amides is 1. The number of para-hydroxylation sites is 1. The van der Waals surface area contributed by atoms with Crippen LogP contribution in [0.5, 0.6) is 0 Å². The van der Waals surface area contributed by atoms with Crippen molar-refractivity contribution in [2.24, 2.45) is 0 Å². The first-order valence-corrected chi connectivity index (χ1v) is 11.5. The molecule has 0 unspecified atom stereocenters. The Balaban J connectivity index is 1.40. The Morgan fingerprint density at radius 1 is 1.03 bits per heavy atom. The summed E-state index contributed by atoms with van der Waals surface area (Å²) < 4.78 is 42.1. The minimum atomic E-state index is -3.73. The number of fused-ring (bicyclic) bond motifs is 1. The van der Waals surface area contributed by atoms with E-state index in [1.807, 2.05) is 0 Å². The molecular weight excluding hydrogens is 452 g/mol. The van der Waals surface area contributed by atoms with Crippen LogP contribution in [0.2, 0.25) is 0 Å². The van der Waals surface area contributed by atoms with Gasteiger partial charge in [-0.3, -0.25) is 4.79 Å². The van der Waals surface area contributed by atoms with E-state index in [2.05, 4.69) is 5.32 Å². The fraction of sp³-hybridized carbons (Fsp3) is 0.227. The second-order valence-electron chi connectivity index (χ2n) is 7.15. The molecule has 1 saturated heterocycles. The molecule has 1 aliphatic heterocycles. The maximum Gasteiger partial charge on any atom is 0.351 e. The van der Waals surface area contributed by atoms with Crippen LogP contribution in [-0.2, 0) is 24.3 Å². The van der Waals surface area contributed by atoms with E-state index in [1.165, 1.54) is 34.6 Å². The topological polar surface area (TPSA) is 132 Å². The average Bonchev–Trinajstić information content (AvgIpc) is 2.83. The van der Waals surface area contributed by atoms with E-state index < -0.39 is 34.1 Å². The number of ether oxygens (including phenoxy) is 2. The predicted molar refractivity (Wildman–Crippen MR) is 117 cm³/mol. The molecule has 0 spiro atoms. The number of rotatable bonds is 6. The van der Waals surface area contributed by atoms with Crippen molar-refractivity contribution >= 4 is 38.6 Å². The summed E-state index contributed by atoms with van der Waals surface area (Å²) in [5.41, 5.74) is -0.667. The van der Waals surface area contributed by atoms with Gasteiger partial charge in [-0.2, -0.15) is 4.31 Å². The Bertz CT molecular complexity index is 1360. The van der Waals surface area contributed by atoms with Crippen LogP contribution < -0.4 is 10.9 Å². The predicted octanol–water partition coefficient (Wildman–Crippen LogP) is 1.61. The minimum Gasteiger partial charge on any atom is -0.452 e. The second kappa shape index (κ2) is 9.53. The first kappa shape index (κ1) is 22.6. The van der Waals surface area contributed by atoms with Crippen molar-refractivity contribution in [2.45, 2.75) is 4.90 Å². The molecule has 1 aromatic heterocycles. The second-order valence-corrected chi connectivity index (χ2v) is 9.09. The Labute approximate surface area is 188 Å². The third-order valence-corrected chi connectivity index (χ3v) is 6.82. The summed E-state index contributed by atoms with van der Waals surface area (Å²) in [6.45, 7) is 0.452. The molecule has 1 amide bonds. The highest BCUT2D eigenvalue weighted by Crippen LogP contribution is 2.20. The number of benzene rings is 2. The largest absolute Gasteiger partial charge is 0.452 e. The molecule has 0 aliphatic carbocycles. The molecule has 0 atom stereocenters. The number of hydrogen-bond donors (Lipinski definition) is 1. The first-order valence-electron chi connectivity index (χ1n) is 10.0. The molecule has 2 aromatic carbocycles. The van der Waals surface area contributed by atoms with Gasteiger partial charge in [-0.05, 0) is 30.3 Å². The summed E-state index contributed by atoms with van der Waals surface area (Å²) in [5.74, 6) is -1.71. The fourth-order valence-electron chi connectivity index (χ4n) is 3.28. The lowest BCUT2D eigenvalue weighted by Crippen LogP contribution is -2.40. The van der Waals surface area contributed by atoms with Crippen molar-refractivity contribution in [3.05, 3.63) is 70.6 Å². The van der Waals surface area contributed by atoms with Crippen molar-refractivity contribution in [3.8, 4) is 0 Å². The minimum absolute atomic E-state index is 0.0213. The highest BCUT2D eigenvalue weighted by molar-refractivity contribution is 7.89. The maximum absolute atomic E-state index is 12.8. The van der Waals surface area contributed by atoms with Gasteiger partial charge in [0.25, 0.3) is 5.91 Å². The molecule has 1 aliphatic rings. The molecule has 2 heterocycles. The van der Waals surface area contributed by atoms with Gasteiger partial charge in [-0.25, -0.2) is 18.0 Å². The molecule has 0 bridgehead atoms. The normalized spacial score (nSPS) is 14.7. The monoisotopic (exact) mass is 472 g/mol. The van der Waals surface area contributed by atoms with Crippen molar-refractivity contribution in [1.29, 1.82) is 0 Å². The summed E-state index contributed by atoms with van der Waals surface area (Å²) >= 11 is 0. The van der Waals surface area contributed by atoms with Gasteiger partial charge >= 0.3 is 11.6 Å². The van der Waals surface area contributed by atoms with Crippen LogP contribution in [0.25, 0.3) is 11.0 Å². The van der Waals surface area contributed by atoms with Crippen molar-refractivity contribution in [3.63, 3.8) is 0 Å². The number of carbonyl (C=O) groups excluding carboxylic acids is 2. The van der Waals surface area contributed by atoms with Gasteiger partial charge in [0.05, 0.1) is 18.1 Å². The SMILES string of the molecule is O=C(COC(=O)c1cc2ccccc2oc1=O)Nc1cccc(S(=O)(=O)N2CCOCC2)c1. The molecule has 10 nitrogen and oxygen atoms in total. The van der Waals surface area contributed by atoms with E-state index in [-0.39, 0.29) is 29.2 Å². The lowest BCUT2D eigenvalue weighted by Gasteiger charge is -2.26. The van der Waals surface area contributed by atoms with Gasteiger partial charge in [0, 0.05) is 24.2 Å². The fourth-order valence-corrected chi connectivity index (χ4v) is 4.73. The Morgan fingerprint density at radius 3 is 2.58 bits per heavy atom. The van der Waals surface area contributed by atoms with E-state index in [0.29, 0.717) is 24.2 Å². The van der Waals surface area contributed by atoms with Gasteiger partial charge in [0.2, 0.25) is 10.0 Å². The van der Waals surface area contributed by atoms with Crippen LogP contribution in [-0.4, -0.2) is 57.5 Å². The summed E-state index contributed by atoms with van der Waals surface area (Å²) in [6.07, 6.45) is 0. The zero-order chi connectivity index (χ0) is 23.4. The molecule has 33 heavy (non-hydrogen) atoms. The highest BCUT2D eigenvalue weighted by Gasteiger charge is 2.26. The van der Waals surface area contributed by atoms with E-state index in [1.54, 1.807) is 24.3 Å². The number of sulfonamides is 1. The molecule has 0 radical (unpaired) electrons. The summed E-state index contributed by atoms with van der Waals surface area (Å²) in [4.78, 5) is 36.6. The third-order valence-electron chi connectivity index (χ3n) is 4.92. The van der Waals surface area contributed by atoms with Gasteiger partial charge in [0.1, 0.15) is 11.1 Å². The van der Waals surface area contributed by atoms with Crippen LogP contribution in [0.15, 0.2) is 68.7 Å². The molecular formula is C22H20N2O8S. The molecule has 4 rings (SSSR count). The highest BCUT2D eigenvalue weighted by atomic mass is 32.2. The third kappa shape index (κ3) is 5.11. The molecule has 1 fully saturated rings. The van der Waals surface area contributed by atoms with Crippen LogP contribution in [0.4, 0.5) is 5.69 Å². The Kier molecular flexibility index (Phi) is 6.54. The Hall–Kier alpha value is -3.54. The smallest absolute Gasteiger partial charge is 0.351 e. The maximum atomic E-state index is 12.8. The number of morpholine rings is 1. The van der Waals surface area contributed by atoms with Gasteiger partial charge in [-0.15, -0.1) is 0 Å². The number of carbonyl (C=O) groups is 2. The van der Waals surface area contributed by atoms with Gasteiger partial charge < -0.3 is 19.2 Å². The molecule has 1 N–H and O–H groups in total. The zero-order valence-electron chi connectivity index (χ0n) is 17.4. The summed E-state index contributed by atoms with van der Waals surface area (Å²) in [6, 6.07) is 13.8. The van der Waals surface area contributed by atoms with Crippen molar-refractivity contribution in [2.75, 3.05) is 38.2 Å². The number of anilines is 1. The number of nitrogens with zero attached hydrogens (tertiary/aromatic N) is 1. The lowest BCUT2D eigenvalue weighted by atomic mass is 10.2. The van der Waals surface area contributed by atoms with E-state index >= 15 is 0 Å². The summed E-state index contributed by atoms with van der Waals surface area (Å²) in [5, 5.41) is 3.02. The van der Waals surface area contributed by atoms with Crippen molar-refractivity contribution in [1.82, 2.24) is 4.31 Å². The van der Waals surface area contributed by atoms with Crippen LogP contribution in [0.1, 0.15) is 10.4 Å². The number of nitrogens with one attached hydrogen (secondary N) is 1. The van der Waals surface area contributed by atoms with E-state index in [0.717, 1.165) is 0 Å². The lowest BCUT2D eigenvalue weighted by molar-refractivity contribution is -0.119. The molecule has 3 aromatic rings. The Morgan fingerprint density at radius 2 is 1.79 bits per heavy atom.